The molecule has 1 amide bonds. The minimum Gasteiger partial charge on any atom is -0.314 e. The smallest absolute Gasteiger partial charge is 0.300 e. The van der Waals surface area contributed by atoms with Gasteiger partial charge in [0.15, 0.2) is 0 Å². The summed E-state index contributed by atoms with van der Waals surface area (Å²) in [6, 6.07) is 3.39. The molecule has 0 spiro atoms. The van der Waals surface area contributed by atoms with Gasteiger partial charge in [0.2, 0.25) is 0 Å². The topological polar surface area (TPSA) is 65.8 Å². The number of carbonyl (C=O) groups excluding carboxylic acids is 1. The number of nitriles is 1. The van der Waals surface area contributed by atoms with E-state index < -0.39 is 5.91 Å². The molecule has 1 aromatic heterocycles. The zero-order valence-corrected chi connectivity index (χ0v) is 6.61. The number of anilines is 1. The zero-order valence-electron chi connectivity index (χ0n) is 6.61. The van der Waals surface area contributed by atoms with Gasteiger partial charge in [0.25, 0.3) is 5.91 Å². The highest BCUT2D eigenvalue weighted by molar-refractivity contribution is 6.04. The average Bonchev–Trinajstić information content (AvgIpc) is 2.18. The molecule has 0 saturated carbocycles. The maximum atomic E-state index is 10.8. The molecule has 4 heteroatoms. The van der Waals surface area contributed by atoms with Crippen LogP contribution in [-0.4, -0.2) is 10.9 Å². The van der Waals surface area contributed by atoms with Gasteiger partial charge in [0, 0.05) is 12.4 Å². The average molecular weight is 171 g/mol. The summed E-state index contributed by atoms with van der Waals surface area (Å²) in [4.78, 5) is 14.5. The van der Waals surface area contributed by atoms with Gasteiger partial charge < -0.3 is 5.32 Å². The van der Waals surface area contributed by atoms with Crippen LogP contribution >= 0.6 is 0 Å². The maximum Gasteiger partial charge on any atom is 0.300 e. The van der Waals surface area contributed by atoms with Crippen molar-refractivity contribution >= 4 is 11.6 Å². The predicted octanol–water partition coefficient (Wildman–Crippen LogP) is 0.525. The summed E-state index contributed by atoms with van der Waals surface area (Å²) in [7, 11) is 0. The second-order valence-corrected chi connectivity index (χ2v) is 2.13. The van der Waals surface area contributed by atoms with Crippen LogP contribution in [0.4, 0.5) is 5.69 Å². The van der Waals surface area contributed by atoms with E-state index in [4.69, 9.17) is 11.7 Å². The van der Waals surface area contributed by atoms with Gasteiger partial charge in [0.1, 0.15) is 6.07 Å². The Bertz CT molecular complexity index is 412. The van der Waals surface area contributed by atoms with Crippen LogP contribution in [0.3, 0.4) is 0 Å². The summed E-state index contributed by atoms with van der Waals surface area (Å²) in [5.41, 5.74) is 0.659. The van der Waals surface area contributed by atoms with Gasteiger partial charge >= 0.3 is 0 Å². The van der Waals surface area contributed by atoms with Crippen molar-refractivity contribution in [2.75, 3.05) is 5.32 Å². The van der Waals surface area contributed by atoms with Crippen molar-refractivity contribution in [1.29, 1.82) is 5.26 Å². The fourth-order valence-corrected chi connectivity index (χ4v) is 0.751. The van der Waals surface area contributed by atoms with Gasteiger partial charge in [-0.3, -0.25) is 9.78 Å². The quantitative estimate of drug-likeness (QED) is 0.626. The minimum atomic E-state index is -0.581. The third-order valence-corrected chi connectivity index (χ3v) is 1.32. The van der Waals surface area contributed by atoms with E-state index in [-0.39, 0.29) is 5.56 Å². The Kier molecular flexibility index (Phi) is 2.62. The fraction of sp³-hybridized carbons (Fsp3) is 0. The highest BCUT2D eigenvalue weighted by Gasteiger charge is 2.02. The molecule has 0 fully saturated rings. The molecule has 0 aromatic carbocycles. The van der Waals surface area contributed by atoms with Crippen LogP contribution in [0.2, 0.25) is 0 Å². The van der Waals surface area contributed by atoms with Crippen molar-refractivity contribution in [3.8, 4) is 18.4 Å². The van der Waals surface area contributed by atoms with E-state index in [2.05, 4.69) is 10.3 Å². The van der Waals surface area contributed by atoms with Gasteiger partial charge in [-0.05, 0) is 12.0 Å². The molecule has 13 heavy (non-hydrogen) atoms. The Labute approximate surface area is 75.2 Å². The number of nitrogens with one attached hydrogen (secondary N) is 1. The molecule has 0 atom stereocenters. The van der Waals surface area contributed by atoms with Crippen molar-refractivity contribution in [2.24, 2.45) is 0 Å². The molecule has 0 aliphatic rings. The molecule has 0 unspecified atom stereocenters. The second kappa shape index (κ2) is 3.89. The number of aromatic nitrogens is 1. The Morgan fingerprint density at radius 2 is 2.46 bits per heavy atom. The molecule has 1 rings (SSSR count). The molecule has 4 nitrogen and oxygen atoms in total. The normalized spacial score (nSPS) is 8.15. The number of pyridine rings is 1. The van der Waals surface area contributed by atoms with Crippen LogP contribution in [0.15, 0.2) is 18.5 Å². The highest BCUT2D eigenvalue weighted by atomic mass is 16.1. The largest absolute Gasteiger partial charge is 0.314 e. The predicted molar refractivity (Wildman–Crippen MR) is 46.4 cm³/mol. The molecular weight excluding hydrogens is 166 g/mol. The fourth-order valence-electron chi connectivity index (χ4n) is 0.751. The highest BCUT2D eigenvalue weighted by Crippen LogP contribution is 2.11. The van der Waals surface area contributed by atoms with E-state index in [0.717, 1.165) is 0 Å². The molecule has 1 N–H and O–H groups in total. The first kappa shape index (κ1) is 8.76. The maximum absolute atomic E-state index is 10.8. The van der Waals surface area contributed by atoms with Crippen LogP contribution < -0.4 is 5.32 Å². The lowest BCUT2D eigenvalue weighted by Gasteiger charge is -2.00. The summed E-state index contributed by atoms with van der Waals surface area (Å²) in [5, 5.41) is 11.0. The van der Waals surface area contributed by atoms with E-state index in [1.807, 2.05) is 12.0 Å². The summed E-state index contributed by atoms with van der Waals surface area (Å²) >= 11 is 0. The lowest BCUT2D eigenvalue weighted by molar-refractivity contribution is -0.111. The monoisotopic (exact) mass is 171 g/mol. The van der Waals surface area contributed by atoms with Crippen molar-refractivity contribution in [3.63, 3.8) is 0 Å². The first-order chi connectivity index (χ1) is 6.27. The van der Waals surface area contributed by atoms with Crippen LogP contribution in [0.25, 0.3) is 0 Å². The van der Waals surface area contributed by atoms with Gasteiger partial charge in [-0.1, -0.05) is 0 Å². The molecule has 0 aliphatic carbocycles. The summed E-state index contributed by atoms with van der Waals surface area (Å²) in [6.07, 6.45) is 7.67. The van der Waals surface area contributed by atoms with E-state index in [9.17, 15) is 4.79 Å². The molecule has 0 radical (unpaired) electrons. The molecule has 62 valence electrons. The minimum absolute atomic E-state index is 0.283. The lowest BCUT2D eigenvalue weighted by atomic mass is 10.2. The molecule has 1 aromatic rings. The Morgan fingerprint density at radius 3 is 3.08 bits per heavy atom. The number of rotatable bonds is 1. The molecule has 0 saturated heterocycles. The van der Waals surface area contributed by atoms with Crippen molar-refractivity contribution in [1.82, 2.24) is 4.98 Å². The number of hydrogen-bond acceptors (Lipinski definition) is 3. The summed E-state index contributed by atoms with van der Waals surface area (Å²) in [5.74, 6) is 1.30. The van der Waals surface area contributed by atoms with E-state index in [1.165, 1.54) is 18.5 Å². The number of hydrogen-bond donors (Lipinski definition) is 1. The van der Waals surface area contributed by atoms with Crippen molar-refractivity contribution < 1.29 is 4.79 Å². The first-order valence-electron chi connectivity index (χ1n) is 3.39. The standard InChI is InChI=1S/C9H5N3O/c1-2-9(13)12-8-3-4-11-6-7(8)5-10/h1,3-4,6H,(H,11,12,13). The second-order valence-electron chi connectivity index (χ2n) is 2.13. The summed E-state index contributed by atoms with van der Waals surface area (Å²) in [6.45, 7) is 0. The third kappa shape index (κ3) is 2.05. The number of nitrogens with zero attached hydrogens (tertiary/aromatic N) is 2. The van der Waals surface area contributed by atoms with E-state index in [1.54, 1.807) is 0 Å². The van der Waals surface area contributed by atoms with Crippen LogP contribution in [0, 0.1) is 23.7 Å². The van der Waals surface area contributed by atoms with Crippen LogP contribution in [-0.2, 0) is 4.79 Å². The Morgan fingerprint density at radius 1 is 1.69 bits per heavy atom. The zero-order chi connectivity index (χ0) is 9.68. The number of carbonyl (C=O) groups is 1. The molecule has 1 heterocycles. The van der Waals surface area contributed by atoms with E-state index >= 15 is 0 Å². The Hall–Kier alpha value is -2.33. The van der Waals surface area contributed by atoms with Crippen LogP contribution in [0.5, 0.6) is 0 Å². The van der Waals surface area contributed by atoms with Gasteiger partial charge in [-0.2, -0.15) is 5.26 Å². The summed E-state index contributed by atoms with van der Waals surface area (Å²) < 4.78 is 0. The van der Waals surface area contributed by atoms with Gasteiger partial charge in [-0.15, -0.1) is 6.42 Å². The third-order valence-electron chi connectivity index (χ3n) is 1.32. The molecule has 0 aliphatic heterocycles. The van der Waals surface area contributed by atoms with Crippen molar-refractivity contribution in [2.45, 2.75) is 0 Å². The number of amides is 1. The number of terminal acetylenes is 1. The van der Waals surface area contributed by atoms with Gasteiger partial charge in [-0.25, -0.2) is 0 Å². The molecule has 0 bridgehead atoms. The Balaban J connectivity index is 2.97. The molecular formula is C9H5N3O. The first-order valence-corrected chi connectivity index (χ1v) is 3.39. The lowest BCUT2D eigenvalue weighted by Crippen LogP contribution is -2.09. The van der Waals surface area contributed by atoms with Crippen molar-refractivity contribution in [3.05, 3.63) is 24.0 Å². The van der Waals surface area contributed by atoms with E-state index in [0.29, 0.717) is 5.69 Å². The SMILES string of the molecule is C#CC(=O)Nc1ccncc1C#N. The van der Waals surface area contributed by atoms with Crippen LogP contribution in [0.1, 0.15) is 5.56 Å². The van der Waals surface area contributed by atoms with Gasteiger partial charge in [0.05, 0.1) is 11.3 Å².